The largest absolute Gasteiger partial charge is 0.292 e. The highest BCUT2D eigenvalue weighted by atomic mass is 32.1. The molecular weight excluding hydrogens is 583 g/mol. The molecule has 3 heterocycles. The number of fused-ring (bicyclic) bond motifs is 4. The Balaban J connectivity index is 1.28. The second kappa shape index (κ2) is 10.9. The standard InChI is InChI=1S/C40H25N5S/c1-4-13-26(14-5-1)37-42-38(27-15-6-2-7-16-27)44-39(43-37)30-19-12-22-35-36(30)31-25-28(23-24-34(31)46-35)40-41-32-20-10-11-21-33(32)45(40)29-17-8-3-9-18-29/h1-25H. The topological polar surface area (TPSA) is 56.5 Å². The molecule has 0 bridgehead atoms. The second-order valence-corrected chi connectivity index (χ2v) is 12.2. The highest BCUT2D eigenvalue weighted by molar-refractivity contribution is 7.26. The van der Waals surface area contributed by atoms with Crippen LogP contribution in [-0.4, -0.2) is 24.5 Å². The number of thiophene rings is 1. The molecule has 5 nitrogen and oxygen atoms in total. The lowest BCUT2D eigenvalue weighted by molar-refractivity contribution is 1.08. The predicted molar refractivity (Wildman–Crippen MR) is 189 cm³/mol. The summed E-state index contributed by atoms with van der Waals surface area (Å²) in [7, 11) is 0. The lowest BCUT2D eigenvalue weighted by Gasteiger charge is -2.11. The summed E-state index contributed by atoms with van der Waals surface area (Å²) in [6, 6.07) is 52.0. The van der Waals surface area contributed by atoms with E-state index in [1.807, 2.05) is 72.8 Å². The van der Waals surface area contributed by atoms with Gasteiger partial charge >= 0.3 is 0 Å². The van der Waals surface area contributed by atoms with Crippen LogP contribution >= 0.6 is 11.3 Å². The zero-order chi connectivity index (χ0) is 30.5. The normalized spacial score (nSPS) is 11.5. The van der Waals surface area contributed by atoms with Crippen LogP contribution in [0.15, 0.2) is 152 Å². The van der Waals surface area contributed by atoms with E-state index in [4.69, 9.17) is 19.9 Å². The summed E-state index contributed by atoms with van der Waals surface area (Å²) >= 11 is 1.78. The first-order chi connectivity index (χ1) is 22.8. The molecule has 0 N–H and O–H groups in total. The molecule has 0 saturated carbocycles. The number of nitrogens with zero attached hydrogens (tertiary/aromatic N) is 5. The molecule has 0 fully saturated rings. The lowest BCUT2D eigenvalue weighted by atomic mass is 10.0. The van der Waals surface area contributed by atoms with Crippen LogP contribution in [0.5, 0.6) is 0 Å². The average Bonchev–Trinajstić information content (AvgIpc) is 3.71. The molecule has 0 radical (unpaired) electrons. The van der Waals surface area contributed by atoms with Gasteiger partial charge in [0.2, 0.25) is 0 Å². The van der Waals surface area contributed by atoms with E-state index in [-0.39, 0.29) is 0 Å². The molecule has 6 heteroatoms. The molecule has 9 rings (SSSR count). The Morgan fingerprint density at radius 3 is 1.80 bits per heavy atom. The molecule has 0 atom stereocenters. The van der Waals surface area contributed by atoms with Crippen molar-refractivity contribution in [3.05, 3.63) is 152 Å². The summed E-state index contributed by atoms with van der Waals surface area (Å²) in [6.45, 7) is 0. The van der Waals surface area contributed by atoms with Crippen molar-refractivity contribution >= 4 is 42.5 Å². The average molecular weight is 608 g/mol. The molecule has 0 amide bonds. The summed E-state index contributed by atoms with van der Waals surface area (Å²) in [5, 5.41) is 2.29. The van der Waals surface area contributed by atoms with E-state index in [9.17, 15) is 0 Å². The van der Waals surface area contributed by atoms with Crippen molar-refractivity contribution in [3.63, 3.8) is 0 Å². The van der Waals surface area contributed by atoms with Crippen molar-refractivity contribution in [2.45, 2.75) is 0 Å². The van der Waals surface area contributed by atoms with Crippen LogP contribution in [0.2, 0.25) is 0 Å². The fourth-order valence-corrected chi connectivity index (χ4v) is 7.25. The Morgan fingerprint density at radius 1 is 0.457 bits per heavy atom. The van der Waals surface area contributed by atoms with Gasteiger partial charge in [-0.2, -0.15) is 0 Å². The maximum Gasteiger partial charge on any atom is 0.164 e. The minimum absolute atomic E-state index is 0.651. The minimum atomic E-state index is 0.651. The van der Waals surface area contributed by atoms with Gasteiger partial charge in [0.15, 0.2) is 17.5 Å². The predicted octanol–water partition coefficient (Wildman–Crippen LogP) is 10.2. The molecule has 0 spiro atoms. The number of hydrogen-bond donors (Lipinski definition) is 0. The van der Waals surface area contributed by atoms with Gasteiger partial charge in [0.05, 0.1) is 11.0 Å². The van der Waals surface area contributed by atoms with E-state index >= 15 is 0 Å². The first-order valence-electron chi connectivity index (χ1n) is 15.2. The Kier molecular flexibility index (Phi) is 6.25. The van der Waals surface area contributed by atoms with Gasteiger partial charge in [-0.15, -0.1) is 11.3 Å². The quantitative estimate of drug-likeness (QED) is 0.195. The van der Waals surface area contributed by atoms with Crippen LogP contribution in [0.1, 0.15) is 0 Å². The van der Waals surface area contributed by atoms with Crippen LogP contribution in [-0.2, 0) is 0 Å². The van der Waals surface area contributed by atoms with Crippen LogP contribution in [0.25, 0.3) is 82.4 Å². The molecule has 0 saturated heterocycles. The number of benzene rings is 6. The molecule has 0 unspecified atom stereocenters. The first kappa shape index (κ1) is 26.4. The first-order valence-corrected chi connectivity index (χ1v) is 16.0. The maximum atomic E-state index is 5.13. The number of imidazole rings is 1. The second-order valence-electron chi connectivity index (χ2n) is 11.1. The zero-order valence-electron chi connectivity index (χ0n) is 24.6. The van der Waals surface area contributed by atoms with Gasteiger partial charge < -0.3 is 0 Å². The Labute approximate surface area is 269 Å². The third kappa shape index (κ3) is 4.47. The number of para-hydroxylation sites is 3. The summed E-state index contributed by atoms with van der Waals surface area (Å²) in [4.78, 5) is 20.2. The van der Waals surface area contributed by atoms with E-state index in [0.29, 0.717) is 17.5 Å². The minimum Gasteiger partial charge on any atom is -0.292 e. The fourth-order valence-electron chi connectivity index (χ4n) is 6.14. The smallest absolute Gasteiger partial charge is 0.164 e. The highest BCUT2D eigenvalue weighted by Crippen LogP contribution is 2.42. The number of rotatable bonds is 5. The Hall–Kier alpha value is -5.98. The molecule has 0 aliphatic heterocycles. The van der Waals surface area contributed by atoms with Crippen LogP contribution < -0.4 is 0 Å². The maximum absolute atomic E-state index is 5.13. The van der Waals surface area contributed by atoms with E-state index in [2.05, 4.69) is 83.4 Å². The van der Waals surface area contributed by atoms with Gasteiger partial charge in [0.25, 0.3) is 0 Å². The van der Waals surface area contributed by atoms with Crippen molar-refractivity contribution < 1.29 is 0 Å². The molecule has 6 aromatic carbocycles. The monoisotopic (exact) mass is 607 g/mol. The van der Waals surface area contributed by atoms with Gasteiger partial charge in [0, 0.05) is 48.1 Å². The van der Waals surface area contributed by atoms with Gasteiger partial charge in [-0.25, -0.2) is 19.9 Å². The Morgan fingerprint density at radius 2 is 1.09 bits per heavy atom. The van der Waals surface area contributed by atoms with Gasteiger partial charge in [0.1, 0.15) is 5.82 Å². The van der Waals surface area contributed by atoms with Gasteiger partial charge in [-0.3, -0.25) is 4.57 Å². The fraction of sp³-hybridized carbons (Fsp3) is 0. The Bertz CT molecular complexity index is 2460. The third-order valence-electron chi connectivity index (χ3n) is 8.27. The third-order valence-corrected chi connectivity index (χ3v) is 9.40. The van der Waals surface area contributed by atoms with E-state index in [1.54, 1.807) is 11.3 Å². The van der Waals surface area contributed by atoms with Crippen molar-refractivity contribution in [2.75, 3.05) is 0 Å². The van der Waals surface area contributed by atoms with Gasteiger partial charge in [-0.1, -0.05) is 103 Å². The lowest BCUT2D eigenvalue weighted by Crippen LogP contribution is -2.00. The summed E-state index contributed by atoms with van der Waals surface area (Å²) < 4.78 is 4.63. The number of hydrogen-bond acceptors (Lipinski definition) is 5. The van der Waals surface area contributed by atoms with Gasteiger partial charge in [-0.05, 0) is 48.5 Å². The van der Waals surface area contributed by atoms with Crippen LogP contribution in [0, 0.1) is 0 Å². The van der Waals surface area contributed by atoms with Crippen LogP contribution in [0.3, 0.4) is 0 Å². The van der Waals surface area contributed by atoms with Crippen molar-refractivity contribution in [2.24, 2.45) is 0 Å². The molecule has 0 aliphatic carbocycles. The summed E-state index contributed by atoms with van der Waals surface area (Å²) in [5.74, 6) is 2.86. The highest BCUT2D eigenvalue weighted by Gasteiger charge is 2.19. The molecule has 3 aromatic heterocycles. The molecule has 9 aromatic rings. The van der Waals surface area contributed by atoms with E-state index < -0.39 is 0 Å². The SMILES string of the molecule is c1ccc(-c2nc(-c3ccccc3)nc(-c3cccc4sc5ccc(-c6nc7ccccc7n6-c6ccccc6)cc5c34)n2)cc1. The molecule has 46 heavy (non-hydrogen) atoms. The van der Waals surface area contributed by atoms with E-state index in [0.717, 1.165) is 55.6 Å². The zero-order valence-corrected chi connectivity index (χ0v) is 25.4. The van der Waals surface area contributed by atoms with Crippen molar-refractivity contribution in [3.8, 4) is 51.2 Å². The summed E-state index contributed by atoms with van der Waals surface area (Å²) in [5.41, 5.74) is 7.05. The summed E-state index contributed by atoms with van der Waals surface area (Å²) in [6.07, 6.45) is 0. The molecule has 216 valence electrons. The van der Waals surface area contributed by atoms with Crippen molar-refractivity contribution in [1.82, 2.24) is 24.5 Å². The molecule has 0 aliphatic rings. The van der Waals surface area contributed by atoms with Crippen LogP contribution in [0.4, 0.5) is 0 Å². The molecular formula is C40H25N5S. The number of aromatic nitrogens is 5. The van der Waals surface area contributed by atoms with Crippen molar-refractivity contribution in [1.29, 1.82) is 0 Å². The van der Waals surface area contributed by atoms with E-state index in [1.165, 1.54) is 9.40 Å².